The van der Waals surface area contributed by atoms with Crippen LogP contribution in [0.4, 0.5) is 10.1 Å². The Morgan fingerprint density at radius 2 is 2.07 bits per heavy atom. The van der Waals surface area contributed by atoms with Crippen LogP contribution in [0.3, 0.4) is 0 Å². The van der Waals surface area contributed by atoms with Gasteiger partial charge in [-0.25, -0.2) is 9.37 Å². The van der Waals surface area contributed by atoms with Crippen LogP contribution in [0.1, 0.15) is 21.3 Å². The number of carbonyl (C=O) groups is 1. The Morgan fingerprint density at radius 1 is 1.27 bits per heavy atom. The molecule has 30 heavy (non-hydrogen) atoms. The normalized spacial score (nSPS) is 10.8. The van der Waals surface area contributed by atoms with Gasteiger partial charge < -0.3 is 10.1 Å². The van der Waals surface area contributed by atoms with Crippen molar-refractivity contribution in [3.8, 4) is 11.4 Å². The Hall–Kier alpha value is -3.37. The quantitative estimate of drug-likeness (QED) is 0.482. The van der Waals surface area contributed by atoms with Crippen molar-refractivity contribution in [2.45, 2.75) is 13.5 Å². The monoisotopic (exact) mass is 444 g/mol. The number of halogens is 2. The van der Waals surface area contributed by atoms with Crippen LogP contribution in [0.25, 0.3) is 5.69 Å². The molecule has 4 aromatic rings. The second-order valence-electron chi connectivity index (χ2n) is 6.13. The zero-order chi connectivity index (χ0) is 21.1. The molecule has 2 aromatic carbocycles. The lowest BCUT2D eigenvalue weighted by atomic mass is 10.2. The van der Waals surface area contributed by atoms with E-state index < -0.39 is 11.7 Å². The second kappa shape index (κ2) is 8.56. The molecule has 2 heterocycles. The molecule has 0 atom stereocenters. The minimum atomic E-state index is -0.515. The number of rotatable bonds is 6. The zero-order valence-electron chi connectivity index (χ0n) is 15.5. The van der Waals surface area contributed by atoms with E-state index in [1.54, 1.807) is 36.6 Å². The van der Waals surface area contributed by atoms with Crippen LogP contribution < -0.4 is 10.1 Å². The van der Waals surface area contributed by atoms with Crippen LogP contribution in [0, 0.1) is 12.7 Å². The number of ether oxygens (including phenoxy) is 1. The number of aromatic nitrogens is 5. The summed E-state index contributed by atoms with van der Waals surface area (Å²) in [5.41, 5.74) is 0.753. The van der Waals surface area contributed by atoms with Crippen molar-refractivity contribution < 1.29 is 13.9 Å². The van der Waals surface area contributed by atoms with Gasteiger partial charge in [-0.15, -0.1) is 16.4 Å². The van der Waals surface area contributed by atoms with Gasteiger partial charge in [0, 0.05) is 16.1 Å². The lowest BCUT2D eigenvalue weighted by Crippen LogP contribution is -2.13. The van der Waals surface area contributed by atoms with Gasteiger partial charge in [0.15, 0.2) is 5.82 Å². The standard InChI is InChI=1S/C19H14ClFN6O2S/c1-11-24-25-26-27(11)17-8-13(4-7-15(17)21)22-19(28)16-10-30-18(23-16)9-29-14-5-2-12(20)3-6-14/h2-8,10H,9H2,1H3,(H,22,28). The van der Waals surface area contributed by atoms with Crippen molar-refractivity contribution >= 4 is 34.5 Å². The third-order valence-electron chi connectivity index (χ3n) is 4.02. The van der Waals surface area contributed by atoms with Gasteiger partial charge >= 0.3 is 0 Å². The van der Waals surface area contributed by atoms with Gasteiger partial charge in [0.05, 0.1) is 0 Å². The van der Waals surface area contributed by atoms with Crippen LogP contribution >= 0.6 is 22.9 Å². The van der Waals surface area contributed by atoms with Crippen molar-refractivity contribution in [1.82, 2.24) is 25.2 Å². The Balaban J connectivity index is 1.43. The van der Waals surface area contributed by atoms with Gasteiger partial charge in [0.1, 0.15) is 34.6 Å². The molecule has 11 heteroatoms. The number of anilines is 1. The molecule has 0 aliphatic heterocycles. The number of nitrogens with zero attached hydrogens (tertiary/aromatic N) is 5. The van der Waals surface area contributed by atoms with Gasteiger partial charge in [-0.05, 0) is 59.8 Å². The number of aryl methyl sites for hydroxylation is 1. The highest BCUT2D eigenvalue weighted by molar-refractivity contribution is 7.09. The lowest BCUT2D eigenvalue weighted by molar-refractivity contribution is 0.102. The minimum absolute atomic E-state index is 0.130. The van der Waals surface area contributed by atoms with Crippen molar-refractivity contribution in [3.05, 3.63) is 75.2 Å². The molecule has 152 valence electrons. The summed E-state index contributed by atoms with van der Waals surface area (Å²) in [5, 5.41) is 16.6. The summed E-state index contributed by atoms with van der Waals surface area (Å²) in [6, 6.07) is 11.1. The molecule has 0 aliphatic carbocycles. The average Bonchev–Trinajstić information content (AvgIpc) is 3.38. The maximum absolute atomic E-state index is 14.2. The first-order chi connectivity index (χ1) is 14.5. The first-order valence-electron chi connectivity index (χ1n) is 8.68. The van der Waals surface area contributed by atoms with Gasteiger partial charge in [-0.1, -0.05) is 11.6 Å². The smallest absolute Gasteiger partial charge is 0.275 e. The van der Waals surface area contributed by atoms with Crippen molar-refractivity contribution in [3.63, 3.8) is 0 Å². The number of tetrazole rings is 1. The maximum atomic E-state index is 14.2. The predicted molar refractivity (Wildman–Crippen MR) is 110 cm³/mol. The predicted octanol–water partition coefficient (Wildman–Crippen LogP) is 4.05. The van der Waals surface area contributed by atoms with Crippen LogP contribution in [-0.2, 0) is 6.61 Å². The number of nitrogens with one attached hydrogen (secondary N) is 1. The first-order valence-corrected chi connectivity index (χ1v) is 9.94. The molecule has 0 bridgehead atoms. The third kappa shape index (κ3) is 4.44. The number of hydrogen-bond donors (Lipinski definition) is 1. The first kappa shape index (κ1) is 19.9. The number of hydrogen-bond acceptors (Lipinski definition) is 7. The van der Waals surface area contributed by atoms with Crippen LogP contribution in [0.5, 0.6) is 5.75 Å². The molecule has 8 nitrogen and oxygen atoms in total. The fourth-order valence-electron chi connectivity index (χ4n) is 2.56. The summed E-state index contributed by atoms with van der Waals surface area (Å²) < 4.78 is 21.0. The Labute approximate surface area is 179 Å². The summed E-state index contributed by atoms with van der Waals surface area (Å²) in [5.74, 6) is 0.133. The SMILES string of the molecule is Cc1nnnn1-c1cc(NC(=O)c2csc(COc3ccc(Cl)cc3)n2)ccc1F. The summed E-state index contributed by atoms with van der Waals surface area (Å²) in [6.45, 7) is 1.87. The van der Waals surface area contributed by atoms with Gasteiger partial charge in [-0.2, -0.15) is 4.68 Å². The number of carbonyl (C=O) groups excluding carboxylic acids is 1. The Bertz CT molecular complexity index is 1190. The Kier molecular flexibility index (Phi) is 5.68. The molecular weight excluding hydrogens is 431 g/mol. The molecular formula is C19H14ClFN6O2S. The number of thiazole rings is 1. The van der Waals surface area contributed by atoms with Crippen molar-refractivity contribution in [2.75, 3.05) is 5.32 Å². The van der Waals surface area contributed by atoms with Gasteiger partial charge in [0.2, 0.25) is 0 Å². The van der Waals surface area contributed by atoms with E-state index in [9.17, 15) is 9.18 Å². The molecule has 0 spiro atoms. The van der Waals surface area contributed by atoms with Gasteiger partial charge in [0.25, 0.3) is 5.91 Å². The van der Waals surface area contributed by atoms with Crippen molar-refractivity contribution in [2.24, 2.45) is 0 Å². The zero-order valence-corrected chi connectivity index (χ0v) is 17.1. The topological polar surface area (TPSA) is 94.8 Å². The molecule has 1 N–H and O–H groups in total. The van der Waals surface area contributed by atoms with E-state index in [0.29, 0.717) is 27.3 Å². The molecule has 0 unspecified atom stereocenters. The molecule has 1 amide bonds. The number of amides is 1. The van der Waals surface area contributed by atoms with Crippen LogP contribution in [0.15, 0.2) is 47.8 Å². The minimum Gasteiger partial charge on any atom is -0.486 e. The summed E-state index contributed by atoms with van der Waals surface area (Å²) in [7, 11) is 0. The van der Waals surface area contributed by atoms with Crippen LogP contribution in [0.2, 0.25) is 5.02 Å². The lowest BCUT2D eigenvalue weighted by Gasteiger charge is -2.08. The summed E-state index contributed by atoms with van der Waals surface area (Å²) in [6.07, 6.45) is 0. The Morgan fingerprint density at radius 3 is 2.80 bits per heavy atom. The average molecular weight is 445 g/mol. The molecule has 0 radical (unpaired) electrons. The highest BCUT2D eigenvalue weighted by Crippen LogP contribution is 2.21. The van der Waals surface area contributed by atoms with E-state index in [2.05, 4.69) is 25.8 Å². The molecule has 4 rings (SSSR count). The largest absolute Gasteiger partial charge is 0.486 e. The van der Waals surface area contributed by atoms with Crippen molar-refractivity contribution in [1.29, 1.82) is 0 Å². The molecule has 0 fully saturated rings. The molecule has 2 aromatic heterocycles. The molecule has 0 saturated heterocycles. The summed E-state index contributed by atoms with van der Waals surface area (Å²) in [4.78, 5) is 16.8. The van der Waals surface area contributed by atoms with E-state index in [1.807, 2.05) is 0 Å². The summed E-state index contributed by atoms with van der Waals surface area (Å²) >= 11 is 7.15. The molecule has 0 aliphatic rings. The second-order valence-corrected chi connectivity index (χ2v) is 7.51. The van der Waals surface area contributed by atoms with E-state index in [0.717, 1.165) is 0 Å². The molecule has 0 saturated carbocycles. The van der Waals surface area contributed by atoms with E-state index >= 15 is 0 Å². The van der Waals surface area contributed by atoms with Gasteiger partial charge in [-0.3, -0.25) is 4.79 Å². The van der Waals surface area contributed by atoms with Crippen LogP contribution in [-0.4, -0.2) is 31.1 Å². The maximum Gasteiger partial charge on any atom is 0.275 e. The van der Waals surface area contributed by atoms with E-state index in [-0.39, 0.29) is 18.0 Å². The fourth-order valence-corrected chi connectivity index (χ4v) is 3.37. The highest BCUT2D eigenvalue weighted by atomic mass is 35.5. The number of benzene rings is 2. The van der Waals surface area contributed by atoms with E-state index in [1.165, 1.54) is 34.2 Å². The van der Waals surface area contributed by atoms with E-state index in [4.69, 9.17) is 16.3 Å². The highest BCUT2D eigenvalue weighted by Gasteiger charge is 2.15. The third-order valence-corrected chi connectivity index (χ3v) is 5.09. The fraction of sp³-hybridized carbons (Fsp3) is 0.105.